The van der Waals surface area contributed by atoms with Crippen LogP contribution in [-0.4, -0.2) is 58.2 Å². The van der Waals surface area contributed by atoms with Gasteiger partial charge in [0.1, 0.15) is 6.04 Å². The lowest BCUT2D eigenvalue weighted by molar-refractivity contribution is -0.121. The Balaban J connectivity index is 2.01. The number of nitrogens with one attached hydrogen (secondary N) is 1. The second kappa shape index (κ2) is 9.06. The van der Waals surface area contributed by atoms with Gasteiger partial charge in [-0.3, -0.25) is 9.10 Å². The van der Waals surface area contributed by atoms with Gasteiger partial charge in [0.25, 0.3) is 0 Å². The number of hydrogen-bond donors (Lipinski definition) is 1. The number of nitrogens with zero attached hydrogens (tertiary/aromatic N) is 2. The van der Waals surface area contributed by atoms with Crippen LogP contribution in [0.3, 0.4) is 0 Å². The van der Waals surface area contributed by atoms with Gasteiger partial charge in [0.2, 0.25) is 15.9 Å². The maximum absolute atomic E-state index is 12.6. The van der Waals surface area contributed by atoms with Crippen molar-refractivity contribution in [1.82, 2.24) is 10.2 Å². The normalized spacial score (nSPS) is 17.5. The lowest BCUT2D eigenvalue weighted by atomic mass is 9.94. The molecule has 152 valence electrons. The second-order valence-electron chi connectivity index (χ2n) is 7.83. The first-order valence-corrected chi connectivity index (χ1v) is 11.5. The fourth-order valence-corrected chi connectivity index (χ4v) is 4.74. The average Bonchev–Trinajstić information content (AvgIpc) is 2.58. The molecule has 1 aromatic rings. The van der Waals surface area contributed by atoms with E-state index in [2.05, 4.69) is 17.3 Å². The van der Waals surface area contributed by atoms with E-state index in [0.717, 1.165) is 49.7 Å². The van der Waals surface area contributed by atoms with Crippen molar-refractivity contribution >= 4 is 21.6 Å². The molecule has 0 spiro atoms. The highest BCUT2D eigenvalue weighted by atomic mass is 32.2. The van der Waals surface area contributed by atoms with E-state index in [-0.39, 0.29) is 5.91 Å². The minimum Gasteiger partial charge on any atom is -0.354 e. The van der Waals surface area contributed by atoms with Crippen molar-refractivity contribution < 1.29 is 13.2 Å². The highest BCUT2D eigenvalue weighted by molar-refractivity contribution is 7.92. The SMILES string of the molecule is Cc1ccc(N([C@H](C)C(=O)NCCC2CCN(C)CC2)S(C)(=O)=O)cc1C. The molecule has 2 rings (SSSR count). The van der Waals surface area contributed by atoms with Gasteiger partial charge in [-0.25, -0.2) is 8.42 Å². The van der Waals surface area contributed by atoms with Gasteiger partial charge in [-0.05, 0) is 89.3 Å². The predicted molar refractivity (Wildman–Crippen MR) is 111 cm³/mol. The van der Waals surface area contributed by atoms with Gasteiger partial charge in [0.15, 0.2) is 0 Å². The standard InChI is InChI=1S/C20H33N3O3S/c1-15-6-7-19(14-16(15)2)23(27(5,25)26)17(3)20(24)21-11-8-18-9-12-22(4)13-10-18/h6-7,14,17-18H,8-13H2,1-5H3,(H,21,24)/t17-/m1/s1. The number of sulfonamides is 1. The largest absolute Gasteiger partial charge is 0.354 e. The fourth-order valence-electron chi connectivity index (χ4n) is 3.57. The molecule has 0 unspecified atom stereocenters. The molecule has 1 N–H and O–H groups in total. The number of hydrogen-bond acceptors (Lipinski definition) is 4. The van der Waals surface area contributed by atoms with E-state index < -0.39 is 16.1 Å². The van der Waals surface area contributed by atoms with Crippen LogP contribution < -0.4 is 9.62 Å². The van der Waals surface area contributed by atoms with E-state index in [9.17, 15) is 13.2 Å². The molecule has 0 aliphatic carbocycles. The summed E-state index contributed by atoms with van der Waals surface area (Å²) in [5.74, 6) is 0.370. The third-order valence-electron chi connectivity index (χ3n) is 5.52. The molecule has 1 aromatic carbocycles. The third kappa shape index (κ3) is 5.94. The summed E-state index contributed by atoms with van der Waals surface area (Å²) in [4.78, 5) is 14.9. The van der Waals surface area contributed by atoms with E-state index in [4.69, 9.17) is 0 Å². The number of anilines is 1. The van der Waals surface area contributed by atoms with E-state index >= 15 is 0 Å². The first-order chi connectivity index (χ1) is 12.6. The Morgan fingerprint density at radius 3 is 2.44 bits per heavy atom. The Bertz CT molecular complexity index is 756. The minimum absolute atomic E-state index is 0.258. The van der Waals surface area contributed by atoms with Gasteiger partial charge in [-0.1, -0.05) is 6.07 Å². The highest BCUT2D eigenvalue weighted by Gasteiger charge is 2.29. The maximum Gasteiger partial charge on any atom is 0.243 e. The van der Waals surface area contributed by atoms with Crippen LogP contribution in [0.1, 0.15) is 37.3 Å². The molecule has 1 atom stereocenters. The van der Waals surface area contributed by atoms with Crippen LogP contribution in [-0.2, 0) is 14.8 Å². The monoisotopic (exact) mass is 395 g/mol. The molecule has 27 heavy (non-hydrogen) atoms. The molecule has 1 saturated heterocycles. The minimum atomic E-state index is -3.58. The molecule has 1 fully saturated rings. The van der Waals surface area contributed by atoms with Gasteiger partial charge in [-0.2, -0.15) is 0 Å². The summed E-state index contributed by atoms with van der Waals surface area (Å²) in [5, 5.41) is 2.93. The molecule has 0 bridgehead atoms. The van der Waals surface area contributed by atoms with Crippen LogP contribution in [0.4, 0.5) is 5.69 Å². The smallest absolute Gasteiger partial charge is 0.243 e. The topological polar surface area (TPSA) is 69.7 Å². The molecule has 0 saturated carbocycles. The Morgan fingerprint density at radius 2 is 1.89 bits per heavy atom. The highest BCUT2D eigenvalue weighted by Crippen LogP contribution is 2.24. The van der Waals surface area contributed by atoms with Crippen LogP contribution in [0.5, 0.6) is 0 Å². The Labute approximate surface area is 164 Å². The number of piperidine rings is 1. The van der Waals surface area contributed by atoms with Gasteiger partial charge >= 0.3 is 0 Å². The molecule has 6 nitrogen and oxygen atoms in total. The molecular weight excluding hydrogens is 362 g/mol. The Morgan fingerprint density at radius 1 is 1.26 bits per heavy atom. The van der Waals surface area contributed by atoms with Crippen molar-refractivity contribution in [1.29, 1.82) is 0 Å². The summed E-state index contributed by atoms with van der Waals surface area (Å²) in [6, 6.07) is 4.66. The summed E-state index contributed by atoms with van der Waals surface area (Å²) < 4.78 is 25.9. The number of likely N-dealkylation sites (tertiary alicyclic amines) is 1. The lowest BCUT2D eigenvalue weighted by Crippen LogP contribution is -2.48. The summed E-state index contributed by atoms with van der Waals surface area (Å²) in [6.45, 7) is 8.34. The quantitative estimate of drug-likeness (QED) is 0.769. The number of carbonyl (C=O) groups is 1. The molecular formula is C20H33N3O3S. The number of rotatable bonds is 7. The molecule has 0 aromatic heterocycles. The zero-order chi connectivity index (χ0) is 20.2. The first-order valence-electron chi connectivity index (χ1n) is 9.62. The van der Waals surface area contributed by atoms with Gasteiger partial charge in [-0.15, -0.1) is 0 Å². The van der Waals surface area contributed by atoms with Crippen LogP contribution in [0, 0.1) is 19.8 Å². The molecule has 1 aliphatic rings. The van der Waals surface area contributed by atoms with Gasteiger partial charge < -0.3 is 10.2 Å². The van der Waals surface area contributed by atoms with Crippen molar-refractivity contribution in [2.75, 3.05) is 37.2 Å². The number of carbonyl (C=O) groups excluding carboxylic acids is 1. The molecule has 1 aliphatic heterocycles. The summed E-state index contributed by atoms with van der Waals surface area (Å²) in [7, 11) is -1.45. The summed E-state index contributed by atoms with van der Waals surface area (Å²) in [5.41, 5.74) is 2.61. The average molecular weight is 396 g/mol. The first kappa shape index (κ1) is 21.7. The van der Waals surface area contributed by atoms with Crippen molar-refractivity contribution in [2.45, 2.75) is 46.1 Å². The zero-order valence-corrected chi connectivity index (χ0v) is 18.0. The summed E-state index contributed by atoms with van der Waals surface area (Å²) in [6.07, 6.45) is 4.39. The number of amides is 1. The maximum atomic E-state index is 12.6. The number of aryl methyl sites for hydroxylation is 2. The van der Waals surface area contributed by atoms with Gasteiger partial charge in [0.05, 0.1) is 11.9 Å². The molecule has 1 amide bonds. The van der Waals surface area contributed by atoms with Gasteiger partial charge in [0, 0.05) is 6.54 Å². The van der Waals surface area contributed by atoms with Crippen LogP contribution >= 0.6 is 0 Å². The lowest BCUT2D eigenvalue weighted by Gasteiger charge is -2.30. The van der Waals surface area contributed by atoms with E-state index in [0.29, 0.717) is 18.2 Å². The molecule has 0 radical (unpaired) electrons. The van der Waals surface area contributed by atoms with E-state index in [1.807, 2.05) is 26.0 Å². The molecule has 1 heterocycles. The Hall–Kier alpha value is -1.60. The van der Waals surface area contributed by atoms with Crippen LogP contribution in [0.2, 0.25) is 0 Å². The van der Waals surface area contributed by atoms with Crippen molar-refractivity contribution in [3.8, 4) is 0 Å². The number of benzene rings is 1. The van der Waals surface area contributed by atoms with Crippen molar-refractivity contribution in [3.63, 3.8) is 0 Å². The van der Waals surface area contributed by atoms with Crippen LogP contribution in [0.15, 0.2) is 18.2 Å². The zero-order valence-electron chi connectivity index (χ0n) is 17.2. The fraction of sp³-hybridized carbons (Fsp3) is 0.650. The Kier molecular flexibility index (Phi) is 7.28. The third-order valence-corrected chi connectivity index (χ3v) is 6.77. The van der Waals surface area contributed by atoms with Crippen molar-refractivity contribution in [3.05, 3.63) is 29.3 Å². The molecule has 7 heteroatoms. The van der Waals surface area contributed by atoms with E-state index in [1.54, 1.807) is 13.0 Å². The van der Waals surface area contributed by atoms with E-state index in [1.165, 1.54) is 4.31 Å². The second-order valence-corrected chi connectivity index (χ2v) is 9.69. The van der Waals surface area contributed by atoms with Crippen molar-refractivity contribution in [2.24, 2.45) is 5.92 Å². The van der Waals surface area contributed by atoms with Crippen LogP contribution in [0.25, 0.3) is 0 Å². The predicted octanol–water partition coefficient (Wildman–Crippen LogP) is 2.31. The summed E-state index contributed by atoms with van der Waals surface area (Å²) >= 11 is 0.